The Hall–Kier alpha value is -0.870. The van der Waals surface area contributed by atoms with Crippen LogP contribution >= 0.6 is 15.9 Å². The van der Waals surface area contributed by atoms with Crippen LogP contribution in [0.1, 0.15) is 15.9 Å². The van der Waals surface area contributed by atoms with E-state index >= 15 is 0 Å². The first-order valence-corrected chi connectivity index (χ1v) is 5.47. The van der Waals surface area contributed by atoms with Crippen molar-refractivity contribution in [1.82, 2.24) is 4.90 Å². The van der Waals surface area contributed by atoms with Crippen LogP contribution < -0.4 is 0 Å². The number of benzene rings is 1. The number of aromatic carboxylic acids is 1. The van der Waals surface area contributed by atoms with Crippen LogP contribution in [0.2, 0.25) is 0 Å². The predicted molar refractivity (Wildman–Crippen MR) is 63.4 cm³/mol. The summed E-state index contributed by atoms with van der Waals surface area (Å²) in [5, 5.41) is 9.02. The molecule has 0 aliphatic heterocycles. The van der Waals surface area contributed by atoms with Crippen LogP contribution in [0.5, 0.6) is 0 Å². The third-order valence-corrected chi connectivity index (χ3v) is 2.90. The lowest BCUT2D eigenvalue weighted by molar-refractivity contribution is 0.0695. The largest absolute Gasteiger partial charge is 0.478 e. The lowest BCUT2D eigenvalue weighted by Gasteiger charge is -2.12. The molecule has 0 unspecified atom stereocenters. The molecule has 0 amide bonds. The van der Waals surface area contributed by atoms with E-state index in [1.807, 2.05) is 25.1 Å². The van der Waals surface area contributed by atoms with Crippen LogP contribution in [0.3, 0.4) is 0 Å². The molecule has 0 radical (unpaired) electrons. The number of likely N-dealkylation sites (N-methyl/N-ethyl adjacent to an activating group) is 1. The first-order chi connectivity index (χ1) is 7.02. The van der Waals surface area contributed by atoms with Gasteiger partial charge in [0.25, 0.3) is 0 Å². The molecule has 0 fully saturated rings. The summed E-state index contributed by atoms with van der Waals surface area (Å²) in [7, 11) is 3.94. The van der Waals surface area contributed by atoms with Crippen molar-refractivity contribution in [1.29, 1.82) is 0 Å². The summed E-state index contributed by atoms with van der Waals surface area (Å²) in [6.07, 6.45) is 0.732. The smallest absolute Gasteiger partial charge is 0.336 e. The molecule has 0 spiro atoms. The predicted octanol–water partition coefficient (Wildman–Crippen LogP) is 2.25. The normalized spacial score (nSPS) is 10.7. The van der Waals surface area contributed by atoms with Crippen molar-refractivity contribution >= 4 is 21.9 Å². The average Bonchev–Trinajstić information content (AvgIpc) is 2.15. The monoisotopic (exact) mass is 271 g/mol. The Morgan fingerprint density at radius 1 is 1.47 bits per heavy atom. The van der Waals surface area contributed by atoms with Gasteiger partial charge in [-0.3, -0.25) is 0 Å². The molecular weight excluding hydrogens is 258 g/mol. The van der Waals surface area contributed by atoms with Gasteiger partial charge in [0.1, 0.15) is 0 Å². The maximum atomic E-state index is 11.0. The number of rotatable bonds is 4. The molecule has 0 saturated carbocycles. The van der Waals surface area contributed by atoms with E-state index < -0.39 is 5.97 Å². The Labute approximate surface area is 97.8 Å². The van der Waals surface area contributed by atoms with Crippen molar-refractivity contribution in [3.63, 3.8) is 0 Å². The van der Waals surface area contributed by atoms with Gasteiger partial charge in [-0.1, -0.05) is 22.0 Å². The Kier molecular flexibility index (Phi) is 4.29. The van der Waals surface area contributed by atoms with Crippen molar-refractivity contribution in [3.05, 3.63) is 33.8 Å². The molecule has 82 valence electrons. The average molecular weight is 272 g/mol. The van der Waals surface area contributed by atoms with Gasteiger partial charge in [-0.15, -0.1) is 0 Å². The van der Waals surface area contributed by atoms with E-state index in [9.17, 15) is 4.79 Å². The minimum atomic E-state index is -0.870. The number of halogens is 1. The van der Waals surface area contributed by atoms with Gasteiger partial charge < -0.3 is 10.0 Å². The Morgan fingerprint density at radius 2 is 2.13 bits per heavy atom. The molecule has 0 aliphatic carbocycles. The highest BCUT2D eigenvalue weighted by Gasteiger charge is 2.12. The van der Waals surface area contributed by atoms with E-state index in [1.54, 1.807) is 12.1 Å². The molecule has 0 heterocycles. The Balaban J connectivity index is 2.97. The van der Waals surface area contributed by atoms with Crippen molar-refractivity contribution in [2.75, 3.05) is 20.6 Å². The molecule has 3 nitrogen and oxygen atoms in total. The topological polar surface area (TPSA) is 40.5 Å². The van der Waals surface area contributed by atoms with E-state index in [1.165, 1.54) is 0 Å². The second-order valence-electron chi connectivity index (χ2n) is 3.62. The molecule has 0 atom stereocenters. The standard InChI is InChI=1S/C11H14BrNO2/c1-13(2)7-6-8-9(11(14)15)4-3-5-10(8)12/h3-5H,6-7H2,1-2H3,(H,14,15). The molecule has 0 aliphatic rings. The number of carbonyl (C=O) groups is 1. The number of carboxylic acids is 1. The summed E-state index contributed by atoms with van der Waals surface area (Å²) < 4.78 is 0.865. The van der Waals surface area contributed by atoms with Gasteiger partial charge in [-0.25, -0.2) is 4.79 Å². The van der Waals surface area contributed by atoms with E-state index in [4.69, 9.17) is 5.11 Å². The minimum absolute atomic E-state index is 0.381. The molecule has 1 aromatic rings. The maximum Gasteiger partial charge on any atom is 0.336 e. The number of nitrogens with zero attached hydrogens (tertiary/aromatic N) is 1. The second-order valence-corrected chi connectivity index (χ2v) is 4.48. The lowest BCUT2D eigenvalue weighted by atomic mass is 10.0. The van der Waals surface area contributed by atoms with Crippen LogP contribution in [0.4, 0.5) is 0 Å². The summed E-state index contributed by atoms with van der Waals surface area (Å²) in [4.78, 5) is 13.0. The highest BCUT2D eigenvalue weighted by molar-refractivity contribution is 9.10. The van der Waals surface area contributed by atoms with Gasteiger partial charge in [0, 0.05) is 11.0 Å². The van der Waals surface area contributed by atoms with Crippen molar-refractivity contribution in [2.45, 2.75) is 6.42 Å². The van der Waals surface area contributed by atoms with Crippen LogP contribution in [0.25, 0.3) is 0 Å². The zero-order chi connectivity index (χ0) is 11.4. The number of hydrogen-bond donors (Lipinski definition) is 1. The minimum Gasteiger partial charge on any atom is -0.478 e. The molecule has 0 aromatic heterocycles. The van der Waals surface area contributed by atoms with Gasteiger partial charge in [-0.05, 0) is 38.2 Å². The van der Waals surface area contributed by atoms with E-state index in [2.05, 4.69) is 15.9 Å². The van der Waals surface area contributed by atoms with Crippen LogP contribution in [0.15, 0.2) is 22.7 Å². The highest BCUT2D eigenvalue weighted by atomic mass is 79.9. The summed E-state index contributed by atoms with van der Waals surface area (Å²) in [5.74, 6) is -0.870. The van der Waals surface area contributed by atoms with Crippen molar-refractivity contribution in [3.8, 4) is 0 Å². The molecule has 1 aromatic carbocycles. The molecule has 1 N–H and O–H groups in total. The molecule has 4 heteroatoms. The molecule has 1 rings (SSSR count). The first kappa shape index (κ1) is 12.2. The third-order valence-electron chi connectivity index (χ3n) is 2.16. The van der Waals surface area contributed by atoms with Crippen molar-refractivity contribution < 1.29 is 9.90 Å². The quantitative estimate of drug-likeness (QED) is 0.913. The van der Waals surface area contributed by atoms with Gasteiger partial charge in [0.2, 0.25) is 0 Å². The summed E-state index contributed by atoms with van der Waals surface area (Å²) in [6.45, 7) is 0.836. The highest BCUT2D eigenvalue weighted by Crippen LogP contribution is 2.21. The molecule has 0 bridgehead atoms. The fraction of sp³-hybridized carbons (Fsp3) is 0.364. The first-order valence-electron chi connectivity index (χ1n) is 4.67. The fourth-order valence-corrected chi connectivity index (χ4v) is 1.91. The summed E-state index contributed by atoms with van der Waals surface area (Å²) >= 11 is 3.38. The fourth-order valence-electron chi connectivity index (χ4n) is 1.35. The zero-order valence-corrected chi connectivity index (χ0v) is 10.4. The zero-order valence-electron chi connectivity index (χ0n) is 8.83. The van der Waals surface area contributed by atoms with Crippen molar-refractivity contribution in [2.24, 2.45) is 0 Å². The molecule has 15 heavy (non-hydrogen) atoms. The number of carboxylic acid groups (broad SMARTS) is 1. The molecule has 0 saturated heterocycles. The summed E-state index contributed by atoms with van der Waals surface area (Å²) in [5.41, 5.74) is 1.24. The van der Waals surface area contributed by atoms with Crippen LogP contribution in [0, 0.1) is 0 Å². The van der Waals surface area contributed by atoms with Gasteiger partial charge >= 0.3 is 5.97 Å². The maximum absolute atomic E-state index is 11.0. The Morgan fingerprint density at radius 3 is 2.67 bits per heavy atom. The van der Waals surface area contributed by atoms with Crippen LogP contribution in [-0.4, -0.2) is 36.6 Å². The SMILES string of the molecule is CN(C)CCc1c(Br)cccc1C(=O)O. The van der Waals surface area contributed by atoms with Gasteiger partial charge in [0.15, 0.2) is 0 Å². The van der Waals surface area contributed by atoms with E-state index in [-0.39, 0.29) is 0 Å². The summed E-state index contributed by atoms with van der Waals surface area (Å²) in [6, 6.07) is 5.25. The van der Waals surface area contributed by atoms with Crippen LogP contribution in [-0.2, 0) is 6.42 Å². The number of hydrogen-bond acceptors (Lipinski definition) is 2. The third kappa shape index (κ3) is 3.32. The van der Waals surface area contributed by atoms with Gasteiger partial charge in [0.05, 0.1) is 5.56 Å². The van der Waals surface area contributed by atoms with E-state index in [0.29, 0.717) is 5.56 Å². The van der Waals surface area contributed by atoms with E-state index in [0.717, 1.165) is 23.0 Å². The second kappa shape index (κ2) is 5.28. The van der Waals surface area contributed by atoms with Gasteiger partial charge in [-0.2, -0.15) is 0 Å². The molecular formula is C11H14BrNO2. The lowest BCUT2D eigenvalue weighted by Crippen LogP contribution is -2.17. The Bertz CT molecular complexity index is 364.